The Balaban J connectivity index is 2.13. The summed E-state index contributed by atoms with van der Waals surface area (Å²) in [5, 5.41) is 0. The van der Waals surface area contributed by atoms with Crippen LogP contribution in [0.5, 0.6) is 0 Å². The van der Waals surface area contributed by atoms with E-state index < -0.39 is 0 Å². The Morgan fingerprint density at radius 3 is 2.80 bits per heavy atom. The number of unbranched alkanes of at least 4 members (excludes halogenated alkanes) is 3. The van der Waals surface area contributed by atoms with Gasteiger partial charge in [-0.05, 0) is 12.0 Å². The zero-order valence-corrected chi connectivity index (χ0v) is 9.25. The molecule has 15 heavy (non-hydrogen) atoms. The first-order chi connectivity index (χ1) is 7.22. The number of Topliss-reactive ketones (excluding diaryl/α,β-unsaturated/α-hetero) is 1. The highest BCUT2D eigenvalue weighted by Crippen LogP contribution is 2.13. The van der Waals surface area contributed by atoms with Crippen LogP contribution in [-0.4, -0.2) is 18.4 Å². The number of carbonyl (C=O) groups is 2. The average molecular weight is 210 g/mol. The van der Waals surface area contributed by atoms with Gasteiger partial charge in [-0.25, -0.2) is 4.79 Å². The third-order valence-corrected chi connectivity index (χ3v) is 2.46. The van der Waals surface area contributed by atoms with Gasteiger partial charge in [-0.15, -0.1) is 0 Å². The van der Waals surface area contributed by atoms with Crippen molar-refractivity contribution < 1.29 is 14.3 Å². The SMILES string of the molecule is CCCCCCC(=O)CC1=CC(=O)OC1. The lowest BCUT2D eigenvalue weighted by molar-refractivity contribution is -0.135. The van der Waals surface area contributed by atoms with Crippen molar-refractivity contribution in [3.8, 4) is 0 Å². The molecule has 0 aliphatic carbocycles. The quantitative estimate of drug-likeness (QED) is 0.478. The maximum absolute atomic E-state index is 11.5. The van der Waals surface area contributed by atoms with Gasteiger partial charge < -0.3 is 4.74 Å². The number of esters is 1. The van der Waals surface area contributed by atoms with Crippen LogP contribution in [0.4, 0.5) is 0 Å². The van der Waals surface area contributed by atoms with Gasteiger partial charge in [0.1, 0.15) is 12.4 Å². The number of carbonyl (C=O) groups excluding carboxylic acids is 2. The fourth-order valence-electron chi connectivity index (χ4n) is 1.61. The number of rotatable bonds is 7. The summed E-state index contributed by atoms with van der Waals surface area (Å²) in [5.74, 6) is -0.0977. The van der Waals surface area contributed by atoms with E-state index in [1.54, 1.807) is 0 Å². The van der Waals surface area contributed by atoms with Crippen molar-refractivity contribution in [3.05, 3.63) is 11.6 Å². The molecule has 1 heterocycles. The maximum atomic E-state index is 11.5. The van der Waals surface area contributed by atoms with Gasteiger partial charge in [-0.2, -0.15) is 0 Å². The molecule has 0 saturated heterocycles. The molecular weight excluding hydrogens is 192 g/mol. The van der Waals surface area contributed by atoms with Crippen LogP contribution in [0, 0.1) is 0 Å². The lowest BCUT2D eigenvalue weighted by Crippen LogP contribution is -2.01. The molecule has 0 radical (unpaired) electrons. The molecule has 3 nitrogen and oxygen atoms in total. The van der Waals surface area contributed by atoms with Crippen LogP contribution in [0.2, 0.25) is 0 Å². The van der Waals surface area contributed by atoms with Gasteiger partial charge in [0.15, 0.2) is 0 Å². The fourth-order valence-corrected chi connectivity index (χ4v) is 1.61. The first kappa shape index (κ1) is 12.0. The molecule has 84 valence electrons. The topological polar surface area (TPSA) is 43.4 Å². The van der Waals surface area contributed by atoms with E-state index in [-0.39, 0.29) is 11.8 Å². The Kier molecular flexibility index (Phi) is 5.08. The van der Waals surface area contributed by atoms with Gasteiger partial charge in [0.25, 0.3) is 0 Å². The van der Waals surface area contributed by atoms with E-state index in [0.29, 0.717) is 19.4 Å². The summed E-state index contributed by atoms with van der Waals surface area (Å²) in [4.78, 5) is 22.2. The summed E-state index contributed by atoms with van der Waals surface area (Å²) in [7, 11) is 0. The zero-order chi connectivity index (χ0) is 11.1. The Labute approximate surface area is 90.5 Å². The van der Waals surface area contributed by atoms with Crippen molar-refractivity contribution in [2.24, 2.45) is 0 Å². The molecule has 3 heteroatoms. The molecule has 0 spiro atoms. The standard InChI is InChI=1S/C12H18O3/c1-2-3-4-5-6-11(13)7-10-8-12(14)15-9-10/h8H,2-7,9H2,1H3. The molecule has 0 aromatic heterocycles. The van der Waals surface area contributed by atoms with Crippen LogP contribution < -0.4 is 0 Å². The van der Waals surface area contributed by atoms with Gasteiger partial charge in [0.05, 0.1) is 0 Å². The predicted molar refractivity (Wildman–Crippen MR) is 57.4 cm³/mol. The third kappa shape index (κ3) is 4.77. The van der Waals surface area contributed by atoms with Gasteiger partial charge >= 0.3 is 5.97 Å². The van der Waals surface area contributed by atoms with E-state index >= 15 is 0 Å². The van der Waals surface area contributed by atoms with Gasteiger partial charge in [-0.3, -0.25) is 4.79 Å². The monoisotopic (exact) mass is 210 g/mol. The van der Waals surface area contributed by atoms with Crippen LogP contribution >= 0.6 is 0 Å². The first-order valence-corrected chi connectivity index (χ1v) is 5.60. The van der Waals surface area contributed by atoms with Crippen LogP contribution in [0.25, 0.3) is 0 Å². The molecule has 0 bridgehead atoms. The number of hydrogen-bond acceptors (Lipinski definition) is 3. The summed E-state index contributed by atoms with van der Waals surface area (Å²) in [6, 6.07) is 0. The minimum absolute atomic E-state index is 0.218. The molecule has 0 aromatic carbocycles. The van der Waals surface area contributed by atoms with Crippen LogP contribution in [0.15, 0.2) is 11.6 Å². The fraction of sp³-hybridized carbons (Fsp3) is 0.667. The first-order valence-electron chi connectivity index (χ1n) is 5.60. The van der Waals surface area contributed by atoms with Crippen molar-refractivity contribution in [1.82, 2.24) is 0 Å². The van der Waals surface area contributed by atoms with Crippen LogP contribution in [0.1, 0.15) is 45.4 Å². The van der Waals surface area contributed by atoms with Crippen molar-refractivity contribution >= 4 is 11.8 Å². The Morgan fingerprint density at radius 2 is 2.20 bits per heavy atom. The van der Waals surface area contributed by atoms with Gasteiger partial charge in [0.2, 0.25) is 0 Å². The van der Waals surface area contributed by atoms with E-state index in [2.05, 4.69) is 6.92 Å². The largest absolute Gasteiger partial charge is 0.458 e. The molecule has 0 fully saturated rings. The predicted octanol–water partition coefficient (Wildman–Crippen LogP) is 2.40. The molecule has 0 aromatic rings. The van der Waals surface area contributed by atoms with Gasteiger partial charge in [0, 0.05) is 18.9 Å². The maximum Gasteiger partial charge on any atom is 0.331 e. The molecule has 1 rings (SSSR count). The Bertz CT molecular complexity index is 266. The minimum atomic E-state index is -0.316. The van der Waals surface area contributed by atoms with Crippen molar-refractivity contribution in [3.63, 3.8) is 0 Å². The smallest absolute Gasteiger partial charge is 0.331 e. The van der Waals surface area contributed by atoms with Crippen molar-refractivity contribution in [2.45, 2.75) is 45.4 Å². The molecule has 0 N–H and O–H groups in total. The summed E-state index contributed by atoms with van der Waals surface area (Å²) in [6.45, 7) is 2.45. The van der Waals surface area contributed by atoms with Gasteiger partial charge in [-0.1, -0.05) is 26.2 Å². The normalized spacial score (nSPS) is 15.0. The average Bonchev–Trinajstić information content (AvgIpc) is 2.59. The highest BCUT2D eigenvalue weighted by Gasteiger charge is 2.15. The summed E-state index contributed by atoms with van der Waals surface area (Å²) >= 11 is 0. The van der Waals surface area contributed by atoms with E-state index in [1.807, 2.05) is 0 Å². The lowest BCUT2D eigenvalue weighted by Gasteiger charge is -2.00. The second kappa shape index (κ2) is 6.38. The second-order valence-electron chi connectivity index (χ2n) is 3.94. The Morgan fingerprint density at radius 1 is 1.40 bits per heavy atom. The highest BCUT2D eigenvalue weighted by atomic mass is 16.5. The van der Waals surface area contributed by atoms with Crippen LogP contribution in [0.3, 0.4) is 0 Å². The van der Waals surface area contributed by atoms with E-state index in [1.165, 1.54) is 18.9 Å². The molecule has 0 amide bonds. The lowest BCUT2D eigenvalue weighted by atomic mass is 10.0. The second-order valence-corrected chi connectivity index (χ2v) is 3.94. The van der Waals surface area contributed by atoms with Crippen molar-refractivity contribution in [1.29, 1.82) is 0 Å². The van der Waals surface area contributed by atoms with Crippen molar-refractivity contribution in [2.75, 3.05) is 6.61 Å². The van der Waals surface area contributed by atoms with E-state index in [4.69, 9.17) is 4.74 Å². The number of cyclic esters (lactones) is 1. The molecular formula is C12H18O3. The molecule has 1 aliphatic heterocycles. The molecule has 0 unspecified atom stereocenters. The molecule has 0 saturated carbocycles. The highest BCUT2D eigenvalue weighted by molar-refractivity contribution is 5.88. The summed E-state index contributed by atoms with van der Waals surface area (Å²) < 4.78 is 4.73. The summed E-state index contributed by atoms with van der Waals surface area (Å²) in [6.07, 6.45) is 6.91. The number of hydrogen-bond donors (Lipinski definition) is 0. The number of ether oxygens (including phenoxy) is 1. The van der Waals surface area contributed by atoms with E-state index in [9.17, 15) is 9.59 Å². The van der Waals surface area contributed by atoms with Crippen LogP contribution in [-0.2, 0) is 14.3 Å². The Hall–Kier alpha value is -1.12. The summed E-state index contributed by atoms with van der Waals surface area (Å²) in [5.41, 5.74) is 0.820. The minimum Gasteiger partial charge on any atom is -0.458 e. The zero-order valence-electron chi connectivity index (χ0n) is 9.25. The third-order valence-electron chi connectivity index (χ3n) is 2.46. The van der Waals surface area contributed by atoms with E-state index in [0.717, 1.165) is 18.4 Å². The number of ketones is 1. The molecule has 0 atom stereocenters. The molecule has 1 aliphatic rings.